The van der Waals surface area contributed by atoms with Crippen molar-refractivity contribution in [1.29, 1.82) is 0 Å². The molecule has 0 saturated heterocycles. The molecule has 1 atom stereocenters. The minimum Gasteiger partial charge on any atom is -0.346 e. The number of rotatable bonds is 4. The Morgan fingerprint density at radius 3 is 2.71 bits per heavy atom. The zero-order valence-corrected chi connectivity index (χ0v) is 12.9. The van der Waals surface area contributed by atoms with Crippen LogP contribution < -0.4 is 5.32 Å². The monoisotopic (exact) mass is 365 g/mol. The molecule has 1 unspecified atom stereocenters. The van der Waals surface area contributed by atoms with Gasteiger partial charge in [-0.05, 0) is 41.4 Å². The lowest BCUT2D eigenvalue weighted by Gasteiger charge is -2.27. The molecule has 0 aliphatic carbocycles. The first-order chi connectivity index (χ1) is 7.93. The predicted molar refractivity (Wildman–Crippen MR) is 74.1 cm³/mol. The number of carbonyl (C=O) groups is 1. The zero-order chi connectivity index (χ0) is 13.1. The Hall–Kier alpha value is -0.420. The second-order valence-corrected chi connectivity index (χ2v) is 5.52. The van der Waals surface area contributed by atoms with Gasteiger partial charge in [0.1, 0.15) is 5.82 Å². The van der Waals surface area contributed by atoms with Gasteiger partial charge in [-0.2, -0.15) is 0 Å². The maximum Gasteiger partial charge on any atom is 0.254 e. The van der Waals surface area contributed by atoms with Crippen molar-refractivity contribution in [2.24, 2.45) is 0 Å². The lowest BCUT2D eigenvalue weighted by Crippen LogP contribution is -2.47. The Bertz CT molecular complexity index is 419. The van der Waals surface area contributed by atoms with Crippen LogP contribution in [0, 0.1) is 5.82 Å². The van der Waals surface area contributed by atoms with Crippen LogP contribution in [0.25, 0.3) is 0 Å². The quantitative estimate of drug-likeness (QED) is 0.805. The number of benzene rings is 1. The van der Waals surface area contributed by atoms with Gasteiger partial charge in [0.25, 0.3) is 5.91 Å². The van der Waals surface area contributed by atoms with E-state index in [-0.39, 0.29) is 11.1 Å². The molecule has 0 spiro atoms. The third kappa shape index (κ3) is 3.52. The first kappa shape index (κ1) is 14.6. The molecule has 94 valence electrons. The average Bonchev–Trinajstić information content (AvgIpc) is 2.32. The second kappa shape index (κ2) is 5.96. The fraction of sp³-hybridized carbons (Fsp3) is 0.417. The van der Waals surface area contributed by atoms with Crippen molar-refractivity contribution in [3.63, 3.8) is 0 Å². The van der Waals surface area contributed by atoms with Crippen molar-refractivity contribution in [3.05, 3.63) is 34.1 Å². The van der Waals surface area contributed by atoms with Crippen LogP contribution in [-0.2, 0) is 0 Å². The third-order valence-corrected chi connectivity index (χ3v) is 4.54. The number of nitrogens with one attached hydrogen (secondary N) is 1. The van der Waals surface area contributed by atoms with E-state index < -0.39 is 11.7 Å². The lowest BCUT2D eigenvalue weighted by molar-refractivity contribution is 0.0909. The van der Waals surface area contributed by atoms with Crippen molar-refractivity contribution in [2.75, 3.05) is 5.33 Å². The van der Waals surface area contributed by atoms with E-state index in [1.807, 2.05) is 13.8 Å². The van der Waals surface area contributed by atoms with Gasteiger partial charge in [-0.15, -0.1) is 0 Å². The molecular weight excluding hydrogens is 353 g/mol. The lowest BCUT2D eigenvalue weighted by atomic mass is 10.0. The Balaban J connectivity index is 2.94. The van der Waals surface area contributed by atoms with Crippen LogP contribution >= 0.6 is 31.9 Å². The molecule has 2 nitrogen and oxygen atoms in total. The summed E-state index contributed by atoms with van der Waals surface area (Å²) in [7, 11) is 0. The first-order valence-corrected chi connectivity index (χ1v) is 7.17. The van der Waals surface area contributed by atoms with Crippen molar-refractivity contribution < 1.29 is 9.18 Å². The first-order valence-electron chi connectivity index (χ1n) is 5.26. The summed E-state index contributed by atoms with van der Waals surface area (Å²) in [6, 6.07) is 4.68. The molecule has 1 rings (SSSR count). The summed E-state index contributed by atoms with van der Waals surface area (Å²) in [4.78, 5) is 12.0. The third-order valence-electron chi connectivity index (χ3n) is 2.69. The molecule has 0 heterocycles. The van der Waals surface area contributed by atoms with Gasteiger partial charge in [0, 0.05) is 10.9 Å². The van der Waals surface area contributed by atoms with Gasteiger partial charge in [-0.3, -0.25) is 4.79 Å². The number of amides is 1. The van der Waals surface area contributed by atoms with Crippen LogP contribution in [-0.4, -0.2) is 16.8 Å². The highest BCUT2D eigenvalue weighted by Crippen LogP contribution is 2.20. The van der Waals surface area contributed by atoms with Crippen LogP contribution in [0.15, 0.2) is 22.7 Å². The molecule has 0 bridgehead atoms. The highest BCUT2D eigenvalue weighted by Gasteiger charge is 2.25. The number of alkyl halides is 1. The van der Waals surface area contributed by atoms with Crippen LogP contribution in [0.2, 0.25) is 0 Å². The van der Waals surface area contributed by atoms with E-state index in [1.54, 1.807) is 12.1 Å². The van der Waals surface area contributed by atoms with Gasteiger partial charge in [0.15, 0.2) is 0 Å². The van der Waals surface area contributed by atoms with Gasteiger partial charge in [-0.25, -0.2) is 4.39 Å². The summed E-state index contributed by atoms with van der Waals surface area (Å²) < 4.78 is 14.0. The van der Waals surface area contributed by atoms with E-state index in [0.717, 1.165) is 6.42 Å². The summed E-state index contributed by atoms with van der Waals surface area (Å²) >= 11 is 6.41. The largest absolute Gasteiger partial charge is 0.346 e. The Morgan fingerprint density at radius 2 is 2.18 bits per heavy atom. The van der Waals surface area contributed by atoms with Gasteiger partial charge in [-0.1, -0.05) is 28.9 Å². The Kier molecular flexibility index (Phi) is 5.13. The van der Waals surface area contributed by atoms with Crippen LogP contribution in [0.1, 0.15) is 30.6 Å². The number of hydrogen-bond donors (Lipinski definition) is 1. The highest BCUT2D eigenvalue weighted by atomic mass is 79.9. The second-order valence-electron chi connectivity index (χ2n) is 4.10. The molecule has 0 radical (unpaired) electrons. The smallest absolute Gasteiger partial charge is 0.254 e. The molecule has 0 saturated carbocycles. The molecule has 0 fully saturated rings. The van der Waals surface area contributed by atoms with Gasteiger partial charge >= 0.3 is 0 Å². The maximum atomic E-state index is 13.7. The summed E-state index contributed by atoms with van der Waals surface area (Å²) in [6.45, 7) is 3.88. The van der Waals surface area contributed by atoms with Crippen molar-refractivity contribution in [1.82, 2.24) is 5.32 Å². The number of carbonyl (C=O) groups excluding carboxylic acids is 1. The fourth-order valence-electron chi connectivity index (χ4n) is 1.24. The molecule has 1 amide bonds. The molecule has 1 N–H and O–H groups in total. The Morgan fingerprint density at radius 1 is 1.53 bits per heavy atom. The van der Waals surface area contributed by atoms with Crippen LogP contribution in [0.4, 0.5) is 4.39 Å². The van der Waals surface area contributed by atoms with Crippen LogP contribution in [0.3, 0.4) is 0 Å². The minimum absolute atomic E-state index is 0.0556. The Labute approximate surface area is 117 Å². The summed E-state index contributed by atoms with van der Waals surface area (Å²) in [5.41, 5.74) is -0.314. The fourth-order valence-corrected chi connectivity index (χ4v) is 2.14. The van der Waals surface area contributed by atoms with E-state index in [2.05, 4.69) is 37.2 Å². The maximum absolute atomic E-state index is 13.7. The summed E-state index contributed by atoms with van der Waals surface area (Å²) in [5, 5.41) is 3.45. The van der Waals surface area contributed by atoms with E-state index >= 15 is 0 Å². The molecule has 0 aliphatic rings. The van der Waals surface area contributed by atoms with E-state index in [1.165, 1.54) is 6.07 Å². The molecule has 0 aliphatic heterocycles. The van der Waals surface area contributed by atoms with Crippen molar-refractivity contribution >= 4 is 37.8 Å². The molecule has 17 heavy (non-hydrogen) atoms. The highest BCUT2D eigenvalue weighted by molar-refractivity contribution is 9.10. The van der Waals surface area contributed by atoms with Crippen LogP contribution in [0.5, 0.6) is 0 Å². The normalized spacial score (nSPS) is 14.2. The average molecular weight is 367 g/mol. The SMILES string of the molecule is CCC(C)(CBr)NC(=O)c1cccc(Br)c1F. The molecular formula is C12H14Br2FNO. The van der Waals surface area contributed by atoms with E-state index in [4.69, 9.17) is 0 Å². The zero-order valence-electron chi connectivity index (χ0n) is 9.69. The summed E-state index contributed by atoms with van der Waals surface area (Å²) in [5.74, 6) is -0.925. The van der Waals surface area contributed by atoms with E-state index in [0.29, 0.717) is 9.80 Å². The minimum atomic E-state index is -0.530. The molecule has 1 aromatic rings. The predicted octanol–water partition coefficient (Wildman–Crippen LogP) is 3.88. The molecule has 5 heteroatoms. The standard InChI is InChI=1S/C12H14Br2FNO/c1-3-12(2,7-13)16-11(17)8-5-4-6-9(14)10(8)15/h4-6H,3,7H2,1-2H3,(H,16,17). The van der Waals surface area contributed by atoms with Gasteiger partial charge in [0.05, 0.1) is 10.0 Å². The summed E-state index contributed by atoms with van der Waals surface area (Å²) in [6.07, 6.45) is 0.764. The molecule has 1 aromatic carbocycles. The number of halogens is 3. The topological polar surface area (TPSA) is 29.1 Å². The van der Waals surface area contributed by atoms with Crippen molar-refractivity contribution in [3.8, 4) is 0 Å². The van der Waals surface area contributed by atoms with E-state index in [9.17, 15) is 9.18 Å². The van der Waals surface area contributed by atoms with Gasteiger partial charge in [0.2, 0.25) is 0 Å². The number of hydrogen-bond acceptors (Lipinski definition) is 1. The van der Waals surface area contributed by atoms with Crippen molar-refractivity contribution in [2.45, 2.75) is 25.8 Å². The van der Waals surface area contributed by atoms with Gasteiger partial charge < -0.3 is 5.32 Å². The molecule has 0 aromatic heterocycles.